The molecule has 3 heteroatoms. The van der Waals surface area contributed by atoms with E-state index < -0.39 is 0 Å². The maximum Gasteiger partial charge on any atom is 0.228 e. The minimum atomic E-state index is -0.249. The monoisotopic (exact) mass is 212 g/mol. The summed E-state index contributed by atoms with van der Waals surface area (Å²) < 4.78 is 0. The number of amides is 1. The lowest BCUT2D eigenvalue weighted by Crippen LogP contribution is -2.40. The summed E-state index contributed by atoms with van der Waals surface area (Å²) in [5.41, 5.74) is -0.249. The van der Waals surface area contributed by atoms with Gasteiger partial charge in [-0.3, -0.25) is 4.79 Å². The van der Waals surface area contributed by atoms with Crippen LogP contribution in [0.5, 0.6) is 0 Å². The second-order valence-electron chi connectivity index (χ2n) is 5.97. The molecule has 2 unspecified atom stereocenters. The highest BCUT2D eigenvalue weighted by Crippen LogP contribution is 2.25. The molecule has 0 bridgehead atoms. The smallest absolute Gasteiger partial charge is 0.228 e. The van der Waals surface area contributed by atoms with Crippen molar-refractivity contribution < 1.29 is 4.79 Å². The van der Waals surface area contributed by atoms with Crippen LogP contribution in [-0.2, 0) is 4.79 Å². The summed E-state index contributed by atoms with van der Waals surface area (Å²) in [4.78, 5) is 16.3. The van der Waals surface area contributed by atoms with Crippen LogP contribution in [0.4, 0.5) is 0 Å². The first-order chi connectivity index (χ1) is 6.73. The molecule has 0 N–H and O–H groups in total. The van der Waals surface area contributed by atoms with Crippen molar-refractivity contribution >= 4 is 5.91 Å². The first-order valence-electron chi connectivity index (χ1n) is 5.69. The highest BCUT2D eigenvalue weighted by molar-refractivity contribution is 5.81. The Balaban J connectivity index is 2.67. The van der Waals surface area contributed by atoms with E-state index in [-0.39, 0.29) is 11.3 Å². The maximum atomic E-state index is 12.1. The Bertz CT molecular complexity index is 242. The number of hydrogen-bond acceptors (Lipinski definition) is 2. The normalized spacial score (nSPS) is 27.5. The van der Waals surface area contributed by atoms with E-state index in [2.05, 4.69) is 25.9 Å². The van der Waals surface area contributed by atoms with Gasteiger partial charge in [0.25, 0.3) is 0 Å². The molecule has 1 heterocycles. The van der Waals surface area contributed by atoms with Crippen LogP contribution in [0.2, 0.25) is 0 Å². The quantitative estimate of drug-likeness (QED) is 0.656. The molecule has 0 radical (unpaired) electrons. The topological polar surface area (TPSA) is 23.6 Å². The van der Waals surface area contributed by atoms with E-state index in [1.165, 1.54) is 0 Å². The van der Waals surface area contributed by atoms with E-state index in [9.17, 15) is 4.79 Å². The van der Waals surface area contributed by atoms with Crippen molar-refractivity contribution in [1.82, 2.24) is 9.80 Å². The number of rotatable bonds is 1. The van der Waals surface area contributed by atoms with Crippen molar-refractivity contribution in [2.24, 2.45) is 11.3 Å². The van der Waals surface area contributed by atoms with E-state index in [4.69, 9.17) is 0 Å². The fraction of sp³-hybridized carbons (Fsp3) is 0.917. The van der Waals surface area contributed by atoms with Crippen LogP contribution < -0.4 is 0 Å². The van der Waals surface area contributed by atoms with Crippen LogP contribution in [0.15, 0.2) is 0 Å². The van der Waals surface area contributed by atoms with Gasteiger partial charge < -0.3 is 9.80 Å². The van der Waals surface area contributed by atoms with Crippen LogP contribution in [0.1, 0.15) is 27.7 Å². The Labute approximate surface area is 93.4 Å². The van der Waals surface area contributed by atoms with Gasteiger partial charge in [-0.25, -0.2) is 0 Å². The molecule has 88 valence electrons. The van der Waals surface area contributed by atoms with Crippen molar-refractivity contribution in [3.8, 4) is 0 Å². The molecule has 0 saturated carbocycles. The van der Waals surface area contributed by atoms with Crippen LogP contribution in [0.3, 0.4) is 0 Å². The molecule has 0 spiro atoms. The molecule has 1 saturated heterocycles. The Morgan fingerprint density at radius 1 is 1.27 bits per heavy atom. The molecule has 0 aromatic heterocycles. The fourth-order valence-electron chi connectivity index (χ4n) is 2.26. The van der Waals surface area contributed by atoms with Crippen molar-refractivity contribution in [1.29, 1.82) is 0 Å². The van der Waals surface area contributed by atoms with Gasteiger partial charge in [0.1, 0.15) is 0 Å². The minimum Gasteiger partial charge on any atom is -0.340 e. The second kappa shape index (κ2) is 4.12. The Morgan fingerprint density at radius 3 is 2.13 bits per heavy atom. The maximum absolute atomic E-state index is 12.1. The van der Waals surface area contributed by atoms with Gasteiger partial charge in [-0.2, -0.15) is 0 Å². The van der Waals surface area contributed by atoms with Crippen LogP contribution in [0.25, 0.3) is 0 Å². The summed E-state index contributed by atoms with van der Waals surface area (Å²) >= 11 is 0. The van der Waals surface area contributed by atoms with Crippen LogP contribution in [0, 0.1) is 11.3 Å². The lowest BCUT2D eigenvalue weighted by atomic mass is 9.95. The lowest BCUT2D eigenvalue weighted by Gasteiger charge is -2.26. The summed E-state index contributed by atoms with van der Waals surface area (Å²) in [5, 5.41) is 0. The van der Waals surface area contributed by atoms with Crippen molar-refractivity contribution in [3.05, 3.63) is 0 Å². The van der Waals surface area contributed by atoms with Gasteiger partial charge in [-0.15, -0.1) is 0 Å². The van der Waals surface area contributed by atoms with E-state index >= 15 is 0 Å². The summed E-state index contributed by atoms with van der Waals surface area (Å²) in [6.07, 6.45) is 0. The van der Waals surface area contributed by atoms with Crippen LogP contribution in [-0.4, -0.2) is 48.9 Å². The summed E-state index contributed by atoms with van der Waals surface area (Å²) in [6, 6.07) is 0.510. The zero-order valence-electron chi connectivity index (χ0n) is 10.9. The number of likely N-dealkylation sites (N-methyl/N-ethyl adjacent to an activating group) is 1. The first-order valence-corrected chi connectivity index (χ1v) is 5.69. The number of nitrogens with zero attached hydrogens (tertiary/aromatic N) is 2. The SMILES string of the molecule is CC1CN(C(=O)C(C)(C)C)CC1N(C)C. The molecular formula is C12H24N2O. The molecule has 0 aromatic carbocycles. The predicted molar refractivity (Wildman–Crippen MR) is 62.7 cm³/mol. The minimum absolute atomic E-state index is 0.249. The molecule has 1 fully saturated rings. The van der Waals surface area contributed by atoms with E-state index in [1.807, 2.05) is 25.7 Å². The molecule has 0 aliphatic carbocycles. The lowest BCUT2D eigenvalue weighted by molar-refractivity contribution is -0.138. The third kappa shape index (κ3) is 2.71. The summed E-state index contributed by atoms with van der Waals surface area (Å²) in [6.45, 7) is 9.97. The molecule has 1 aliphatic heterocycles. The fourth-order valence-corrected chi connectivity index (χ4v) is 2.26. The third-order valence-electron chi connectivity index (χ3n) is 3.16. The molecule has 0 aromatic rings. The molecule has 1 rings (SSSR count). The standard InChI is InChI=1S/C12H24N2O/c1-9-7-14(8-10(9)13(5)6)11(15)12(2,3)4/h9-10H,7-8H2,1-6H3. The second-order valence-corrected chi connectivity index (χ2v) is 5.97. The van der Waals surface area contributed by atoms with E-state index in [1.54, 1.807) is 0 Å². The zero-order valence-corrected chi connectivity index (χ0v) is 10.9. The van der Waals surface area contributed by atoms with Gasteiger partial charge in [-0.05, 0) is 20.0 Å². The predicted octanol–water partition coefficient (Wildman–Crippen LogP) is 1.44. The Hall–Kier alpha value is -0.570. The Morgan fingerprint density at radius 2 is 1.80 bits per heavy atom. The first kappa shape index (κ1) is 12.5. The van der Waals surface area contributed by atoms with Gasteiger partial charge in [0.2, 0.25) is 5.91 Å². The van der Waals surface area contributed by atoms with Crippen LogP contribution >= 0.6 is 0 Å². The number of likely N-dealkylation sites (tertiary alicyclic amines) is 1. The molecule has 2 atom stereocenters. The zero-order chi connectivity index (χ0) is 11.8. The van der Waals surface area contributed by atoms with Crippen molar-refractivity contribution in [2.75, 3.05) is 27.2 Å². The van der Waals surface area contributed by atoms with Crippen molar-refractivity contribution in [3.63, 3.8) is 0 Å². The summed E-state index contributed by atoms with van der Waals surface area (Å²) in [5.74, 6) is 0.852. The molecule has 1 aliphatic rings. The summed E-state index contributed by atoms with van der Waals surface area (Å²) in [7, 11) is 4.18. The molecule has 1 amide bonds. The number of hydrogen-bond donors (Lipinski definition) is 0. The number of carbonyl (C=O) groups excluding carboxylic acids is 1. The van der Waals surface area contributed by atoms with Gasteiger partial charge in [-0.1, -0.05) is 27.7 Å². The molecule has 15 heavy (non-hydrogen) atoms. The number of carbonyl (C=O) groups is 1. The van der Waals surface area contributed by atoms with Crippen molar-refractivity contribution in [2.45, 2.75) is 33.7 Å². The van der Waals surface area contributed by atoms with Gasteiger partial charge in [0.05, 0.1) is 0 Å². The largest absolute Gasteiger partial charge is 0.340 e. The molecule has 3 nitrogen and oxygen atoms in total. The Kier molecular flexibility index (Phi) is 3.44. The third-order valence-corrected chi connectivity index (χ3v) is 3.16. The average molecular weight is 212 g/mol. The molecular weight excluding hydrogens is 188 g/mol. The van der Waals surface area contributed by atoms with E-state index in [0.29, 0.717) is 12.0 Å². The van der Waals surface area contributed by atoms with Gasteiger partial charge >= 0.3 is 0 Å². The average Bonchev–Trinajstić information content (AvgIpc) is 2.44. The van der Waals surface area contributed by atoms with Gasteiger partial charge in [0, 0.05) is 24.5 Å². The highest BCUT2D eigenvalue weighted by atomic mass is 16.2. The van der Waals surface area contributed by atoms with E-state index in [0.717, 1.165) is 13.1 Å². The van der Waals surface area contributed by atoms with Gasteiger partial charge in [0.15, 0.2) is 0 Å². The highest BCUT2D eigenvalue weighted by Gasteiger charge is 2.37.